The molecule has 1 heterocycles. The number of hydrogen-bond donors (Lipinski definition) is 2. The average molecular weight is 387 g/mol. The van der Waals surface area contributed by atoms with E-state index in [4.69, 9.17) is 16.0 Å². The van der Waals surface area contributed by atoms with Gasteiger partial charge in [0.05, 0.1) is 0 Å². The minimum absolute atomic E-state index is 0.293. The van der Waals surface area contributed by atoms with Crippen LogP contribution in [0.5, 0.6) is 0 Å². The smallest absolute Gasteiger partial charge is 0.279 e. The number of likely N-dealkylation sites (N-methyl/N-ethyl adjacent to an activating group) is 2. The van der Waals surface area contributed by atoms with Crippen LogP contribution in [0.3, 0.4) is 0 Å². The molecular formula is C20H25N3O5. The van der Waals surface area contributed by atoms with Crippen LogP contribution in [0.1, 0.15) is 42.1 Å². The minimum Gasteiger partial charge on any atom is -0.357 e. The summed E-state index contributed by atoms with van der Waals surface area (Å²) in [7, 11) is 2.77. The number of carbonyl (C=O) groups is 3. The zero-order valence-corrected chi connectivity index (χ0v) is 16.3. The van der Waals surface area contributed by atoms with E-state index in [0.29, 0.717) is 24.2 Å². The third-order valence-electron chi connectivity index (χ3n) is 4.81. The Morgan fingerprint density at radius 2 is 1.93 bits per heavy atom. The molecule has 1 fully saturated rings. The van der Waals surface area contributed by atoms with Crippen LogP contribution in [0.2, 0.25) is 0 Å². The summed E-state index contributed by atoms with van der Waals surface area (Å²) in [5, 5.41) is 2.42. The van der Waals surface area contributed by atoms with E-state index in [0.717, 1.165) is 17.7 Å². The van der Waals surface area contributed by atoms with Gasteiger partial charge in [0.25, 0.3) is 17.7 Å². The molecule has 0 aliphatic carbocycles. The van der Waals surface area contributed by atoms with Crippen molar-refractivity contribution in [2.24, 2.45) is 0 Å². The Bertz CT molecular complexity index is 765. The number of nitrogens with zero attached hydrogens (tertiary/aromatic N) is 1. The van der Waals surface area contributed by atoms with Gasteiger partial charge in [-0.05, 0) is 44.0 Å². The van der Waals surface area contributed by atoms with Gasteiger partial charge in [0.15, 0.2) is 11.8 Å². The van der Waals surface area contributed by atoms with Crippen molar-refractivity contribution in [2.45, 2.75) is 38.0 Å². The van der Waals surface area contributed by atoms with Crippen molar-refractivity contribution >= 4 is 17.7 Å². The number of hydroxylamine groups is 1. The molecule has 0 bridgehead atoms. The second kappa shape index (κ2) is 9.35. The zero-order chi connectivity index (χ0) is 20.7. The first-order valence-corrected chi connectivity index (χ1v) is 8.99. The van der Waals surface area contributed by atoms with Crippen molar-refractivity contribution in [3.63, 3.8) is 0 Å². The molecule has 1 aromatic carbocycles. The monoisotopic (exact) mass is 387 g/mol. The van der Waals surface area contributed by atoms with Gasteiger partial charge in [-0.2, -0.15) is 0 Å². The van der Waals surface area contributed by atoms with Gasteiger partial charge < -0.3 is 15.0 Å². The summed E-state index contributed by atoms with van der Waals surface area (Å²) in [4.78, 5) is 44.6. The van der Waals surface area contributed by atoms with Crippen LogP contribution in [0.25, 0.3) is 0 Å². The Labute approximate surface area is 164 Å². The molecule has 1 unspecified atom stereocenters. The van der Waals surface area contributed by atoms with Gasteiger partial charge in [0.1, 0.15) is 0 Å². The molecule has 150 valence electrons. The second-order valence-electron chi connectivity index (χ2n) is 6.58. The van der Waals surface area contributed by atoms with Crippen molar-refractivity contribution in [3.05, 3.63) is 35.4 Å². The van der Waals surface area contributed by atoms with E-state index in [-0.39, 0.29) is 0 Å². The molecule has 1 saturated heterocycles. The topological polar surface area (TPSA) is 97.0 Å². The van der Waals surface area contributed by atoms with E-state index in [1.54, 1.807) is 24.3 Å². The van der Waals surface area contributed by atoms with Crippen LogP contribution in [0.4, 0.5) is 0 Å². The molecule has 8 heteroatoms. The molecule has 1 aromatic rings. The predicted molar refractivity (Wildman–Crippen MR) is 102 cm³/mol. The van der Waals surface area contributed by atoms with Crippen molar-refractivity contribution < 1.29 is 24.0 Å². The number of hydrogen-bond acceptors (Lipinski definition) is 5. The Kier molecular flexibility index (Phi) is 7.15. The molecule has 28 heavy (non-hydrogen) atoms. The summed E-state index contributed by atoms with van der Waals surface area (Å²) in [6, 6.07) is 6.31. The average Bonchev–Trinajstić information content (AvgIpc) is 2.75. The number of terminal acetylenes is 1. The number of carbonyl (C=O) groups excluding carboxylic acids is 3. The number of amides is 3. The van der Waals surface area contributed by atoms with Gasteiger partial charge in [-0.1, -0.05) is 5.92 Å². The summed E-state index contributed by atoms with van der Waals surface area (Å²) in [6.45, 7) is 1.89. The lowest BCUT2D eigenvalue weighted by Crippen LogP contribution is -2.65. The van der Waals surface area contributed by atoms with E-state index in [9.17, 15) is 14.4 Å². The van der Waals surface area contributed by atoms with Crippen LogP contribution >= 0.6 is 0 Å². The maximum Gasteiger partial charge on any atom is 0.279 e. The molecule has 1 aliphatic rings. The van der Waals surface area contributed by atoms with E-state index in [1.165, 1.54) is 21.0 Å². The molecule has 0 aromatic heterocycles. The Morgan fingerprint density at radius 1 is 1.25 bits per heavy atom. The van der Waals surface area contributed by atoms with Crippen molar-refractivity contribution in [2.75, 3.05) is 20.7 Å². The van der Waals surface area contributed by atoms with Crippen molar-refractivity contribution in [1.82, 2.24) is 15.7 Å². The molecule has 3 amide bonds. The maximum atomic E-state index is 12.9. The fourth-order valence-electron chi connectivity index (χ4n) is 2.78. The van der Waals surface area contributed by atoms with Gasteiger partial charge in [-0.15, -0.1) is 6.42 Å². The Balaban J connectivity index is 2.18. The lowest BCUT2D eigenvalue weighted by molar-refractivity contribution is -0.204. The first-order chi connectivity index (χ1) is 13.3. The Hall–Kier alpha value is -2.89. The van der Waals surface area contributed by atoms with Crippen LogP contribution in [0.15, 0.2) is 24.3 Å². The number of ether oxygens (including phenoxy) is 1. The summed E-state index contributed by atoms with van der Waals surface area (Å²) in [6.07, 6.45) is 7.22. The first-order valence-electron chi connectivity index (χ1n) is 8.99. The molecule has 0 saturated carbocycles. The summed E-state index contributed by atoms with van der Waals surface area (Å²) in [5.41, 5.74) is 1.34. The number of benzene rings is 1. The number of rotatable bonds is 6. The number of nitrogens with one attached hydrogen (secondary N) is 2. The Morgan fingerprint density at radius 3 is 2.46 bits per heavy atom. The van der Waals surface area contributed by atoms with Gasteiger partial charge in [0, 0.05) is 38.2 Å². The van der Waals surface area contributed by atoms with E-state index < -0.39 is 29.6 Å². The molecule has 2 rings (SSSR count). The van der Waals surface area contributed by atoms with E-state index in [1.807, 2.05) is 0 Å². The van der Waals surface area contributed by atoms with Crippen molar-refractivity contribution in [1.29, 1.82) is 0 Å². The summed E-state index contributed by atoms with van der Waals surface area (Å²) in [5.74, 6) is 0.511. The lowest BCUT2D eigenvalue weighted by Gasteiger charge is -2.36. The zero-order valence-electron chi connectivity index (χ0n) is 16.3. The fraction of sp³-hybridized carbons (Fsp3) is 0.450. The van der Waals surface area contributed by atoms with Gasteiger partial charge in [-0.3, -0.25) is 14.4 Å². The molecule has 0 spiro atoms. The highest BCUT2D eigenvalue weighted by atomic mass is 16.8. The van der Waals surface area contributed by atoms with Crippen LogP contribution in [-0.4, -0.2) is 55.2 Å². The minimum atomic E-state index is -1.84. The third kappa shape index (κ3) is 4.50. The highest BCUT2D eigenvalue weighted by molar-refractivity contribution is 6.12. The molecule has 8 nitrogen and oxygen atoms in total. The molecular weight excluding hydrogens is 362 g/mol. The molecule has 0 radical (unpaired) electrons. The van der Waals surface area contributed by atoms with E-state index >= 15 is 0 Å². The SMILES string of the molecule is C#Cc1ccc(C(=O)N(C)[C@@](C)(C(=O)NC)C(=O)NOC2CCCCO2)cc1. The van der Waals surface area contributed by atoms with Crippen molar-refractivity contribution in [3.8, 4) is 12.3 Å². The van der Waals surface area contributed by atoms with Crippen LogP contribution in [0, 0.1) is 12.3 Å². The van der Waals surface area contributed by atoms with E-state index in [2.05, 4.69) is 16.7 Å². The summed E-state index contributed by atoms with van der Waals surface area (Å²) >= 11 is 0. The largest absolute Gasteiger partial charge is 0.357 e. The lowest BCUT2D eigenvalue weighted by atomic mass is 9.96. The maximum absolute atomic E-state index is 12.9. The third-order valence-corrected chi connectivity index (χ3v) is 4.81. The highest BCUT2D eigenvalue weighted by Gasteiger charge is 2.47. The first kappa shape index (κ1) is 21.4. The normalized spacial score (nSPS) is 18.3. The second-order valence-corrected chi connectivity index (χ2v) is 6.58. The van der Waals surface area contributed by atoms with Crippen LogP contribution < -0.4 is 10.8 Å². The molecule has 2 N–H and O–H groups in total. The standard InChI is InChI=1S/C20H25N3O5/c1-5-14-9-11-15(12-10-14)17(24)23(4)20(2,18(25)21-3)19(26)22-28-16-8-6-7-13-27-16/h1,9-12,16H,6-8,13H2,2-4H3,(H,21,25)(H,22,26)/t16?,20-/m0/s1. The van der Waals surface area contributed by atoms with Gasteiger partial charge >= 0.3 is 0 Å². The van der Waals surface area contributed by atoms with Crippen LogP contribution in [-0.2, 0) is 19.2 Å². The predicted octanol–water partition coefficient (Wildman–Crippen LogP) is 0.819. The molecule has 1 aliphatic heterocycles. The fourth-order valence-corrected chi connectivity index (χ4v) is 2.78. The highest BCUT2D eigenvalue weighted by Crippen LogP contribution is 2.19. The van der Waals surface area contributed by atoms with Gasteiger partial charge in [-0.25, -0.2) is 10.3 Å². The van der Waals surface area contributed by atoms with Gasteiger partial charge in [0.2, 0.25) is 0 Å². The quantitative estimate of drug-likeness (QED) is 0.428. The summed E-state index contributed by atoms with van der Waals surface area (Å²) < 4.78 is 5.39. The molecule has 2 atom stereocenters.